The molecule has 5 heteroatoms. The molecule has 0 aromatic carbocycles. The molecule has 19 heavy (non-hydrogen) atoms. The summed E-state index contributed by atoms with van der Waals surface area (Å²) in [7, 11) is 1.34. The van der Waals surface area contributed by atoms with Crippen molar-refractivity contribution >= 4 is 11.9 Å². The third-order valence-corrected chi connectivity index (χ3v) is 4.05. The number of ether oxygens (including phenoxy) is 1. The standard InChI is InChI=1S/C14H24N2O3/c1-9(17)16-13(14(18)19-2)8-15-7-12(10-3-4-10)11-5-6-11/h10-13,15H,3-8H2,1-2H3,(H,16,17). The molecular weight excluding hydrogens is 244 g/mol. The van der Waals surface area contributed by atoms with Gasteiger partial charge in [0.05, 0.1) is 7.11 Å². The van der Waals surface area contributed by atoms with Gasteiger partial charge in [-0.15, -0.1) is 0 Å². The fourth-order valence-corrected chi connectivity index (χ4v) is 2.74. The zero-order chi connectivity index (χ0) is 13.8. The lowest BCUT2D eigenvalue weighted by atomic mass is 9.98. The van der Waals surface area contributed by atoms with Crippen LogP contribution in [-0.4, -0.2) is 38.1 Å². The van der Waals surface area contributed by atoms with Crippen molar-refractivity contribution in [2.24, 2.45) is 17.8 Å². The third kappa shape index (κ3) is 4.49. The van der Waals surface area contributed by atoms with E-state index in [0.29, 0.717) is 6.54 Å². The Morgan fingerprint density at radius 1 is 1.16 bits per heavy atom. The maximum absolute atomic E-state index is 11.5. The van der Waals surface area contributed by atoms with Gasteiger partial charge in [0.25, 0.3) is 0 Å². The maximum atomic E-state index is 11.5. The van der Waals surface area contributed by atoms with Crippen molar-refractivity contribution in [1.29, 1.82) is 0 Å². The van der Waals surface area contributed by atoms with Crippen LogP contribution in [0.3, 0.4) is 0 Å². The highest BCUT2D eigenvalue weighted by atomic mass is 16.5. The minimum absolute atomic E-state index is 0.210. The molecule has 0 radical (unpaired) electrons. The predicted molar refractivity (Wildman–Crippen MR) is 71.4 cm³/mol. The molecule has 0 aromatic rings. The van der Waals surface area contributed by atoms with Gasteiger partial charge in [0.15, 0.2) is 0 Å². The highest BCUT2D eigenvalue weighted by Gasteiger charge is 2.41. The van der Waals surface area contributed by atoms with E-state index in [2.05, 4.69) is 10.6 Å². The Labute approximate surface area is 114 Å². The van der Waals surface area contributed by atoms with Crippen LogP contribution in [0.15, 0.2) is 0 Å². The van der Waals surface area contributed by atoms with Gasteiger partial charge in [0.2, 0.25) is 5.91 Å². The Morgan fingerprint density at radius 3 is 2.16 bits per heavy atom. The van der Waals surface area contributed by atoms with Gasteiger partial charge in [-0.3, -0.25) is 4.79 Å². The first-order valence-electron chi connectivity index (χ1n) is 7.17. The van der Waals surface area contributed by atoms with Gasteiger partial charge >= 0.3 is 5.97 Å². The van der Waals surface area contributed by atoms with Gasteiger partial charge < -0.3 is 15.4 Å². The van der Waals surface area contributed by atoms with Crippen molar-refractivity contribution in [3.8, 4) is 0 Å². The monoisotopic (exact) mass is 268 g/mol. The van der Waals surface area contributed by atoms with E-state index < -0.39 is 12.0 Å². The van der Waals surface area contributed by atoms with Gasteiger partial charge in [-0.2, -0.15) is 0 Å². The summed E-state index contributed by atoms with van der Waals surface area (Å²) in [4.78, 5) is 22.6. The number of nitrogens with one attached hydrogen (secondary N) is 2. The molecule has 5 nitrogen and oxygen atoms in total. The van der Waals surface area contributed by atoms with Crippen molar-refractivity contribution < 1.29 is 14.3 Å². The van der Waals surface area contributed by atoms with Crippen molar-refractivity contribution in [2.75, 3.05) is 20.2 Å². The molecule has 0 spiro atoms. The van der Waals surface area contributed by atoms with Crippen LogP contribution >= 0.6 is 0 Å². The number of methoxy groups -OCH3 is 1. The molecule has 1 amide bonds. The van der Waals surface area contributed by atoms with E-state index in [1.54, 1.807) is 0 Å². The van der Waals surface area contributed by atoms with Crippen molar-refractivity contribution in [3.63, 3.8) is 0 Å². The van der Waals surface area contributed by atoms with Crippen LogP contribution in [-0.2, 0) is 14.3 Å². The van der Waals surface area contributed by atoms with E-state index in [1.165, 1.54) is 39.7 Å². The molecule has 2 saturated carbocycles. The number of rotatable bonds is 8. The fourth-order valence-electron chi connectivity index (χ4n) is 2.74. The highest BCUT2D eigenvalue weighted by molar-refractivity contribution is 5.83. The number of esters is 1. The third-order valence-electron chi connectivity index (χ3n) is 4.05. The molecule has 2 N–H and O–H groups in total. The van der Waals surface area contributed by atoms with Crippen molar-refractivity contribution in [3.05, 3.63) is 0 Å². The minimum Gasteiger partial charge on any atom is -0.467 e. The van der Waals surface area contributed by atoms with Crippen LogP contribution in [0.5, 0.6) is 0 Å². The van der Waals surface area contributed by atoms with Crippen LogP contribution < -0.4 is 10.6 Å². The average molecular weight is 268 g/mol. The highest BCUT2D eigenvalue weighted by Crippen LogP contribution is 2.48. The zero-order valence-electron chi connectivity index (χ0n) is 11.8. The fraction of sp³-hybridized carbons (Fsp3) is 0.857. The summed E-state index contributed by atoms with van der Waals surface area (Å²) in [6.45, 7) is 2.80. The van der Waals surface area contributed by atoms with E-state index in [4.69, 9.17) is 4.74 Å². The molecule has 0 bridgehead atoms. The van der Waals surface area contributed by atoms with Gasteiger partial charge in [0.1, 0.15) is 6.04 Å². The molecule has 0 heterocycles. The summed E-state index contributed by atoms with van der Waals surface area (Å²) >= 11 is 0. The molecule has 2 rings (SSSR count). The van der Waals surface area contributed by atoms with Crippen molar-refractivity contribution in [2.45, 2.75) is 38.6 Å². The minimum atomic E-state index is -0.582. The van der Waals surface area contributed by atoms with Crippen LogP contribution in [0.1, 0.15) is 32.6 Å². The summed E-state index contributed by atoms with van der Waals surface area (Å²) < 4.78 is 4.70. The maximum Gasteiger partial charge on any atom is 0.329 e. The predicted octanol–water partition coefficient (Wildman–Crippen LogP) is 0.690. The van der Waals surface area contributed by atoms with E-state index in [0.717, 1.165) is 24.3 Å². The molecule has 0 aliphatic heterocycles. The second kappa shape index (κ2) is 6.37. The number of carbonyl (C=O) groups excluding carboxylic acids is 2. The van der Waals surface area contributed by atoms with E-state index >= 15 is 0 Å². The molecule has 108 valence electrons. The van der Waals surface area contributed by atoms with Gasteiger partial charge in [-0.05, 0) is 50.0 Å². The summed E-state index contributed by atoms with van der Waals surface area (Å²) in [6, 6.07) is -0.582. The topological polar surface area (TPSA) is 67.4 Å². The van der Waals surface area contributed by atoms with Crippen LogP contribution in [0.4, 0.5) is 0 Å². The van der Waals surface area contributed by atoms with Crippen molar-refractivity contribution in [1.82, 2.24) is 10.6 Å². The molecule has 1 unspecified atom stereocenters. The van der Waals surface area contributed by atoms with E-state index in [9.17, 15) is 9.59 Å². The molecular formula is C14H24N2O3. The Balaban J connectivity index is 1.74. The summed E-state index contributed by atoms with van der Waals surface area (Å²) in [5, 5.41) is 5.95. The normalized spacial score (nSPS) is 20.2. The lowest BCUT2D eigenvalue weighted by Gasteiger charge is -2.20. The first-order valence-corrected chi connectivity index (χ1v) is 7.17. The smallest absolute Gasteiger partial charge is 0.329 e. The molecule has 1 atom stereocenters. The molecule has 0 saturated heterocycles. The van der Waals surface area contributed by atoms with Crippen LogP contribution in [0.2, 0.25) is 0 Å². The number of hydrogen-bond acceptors (Lipinski definition) is 4. The first kappa shape index (κ1) is 14.3. The molecule has 2 fully saturated rings. The number of amides is 1. The zero-order valence-corrected chi connectivity index (χ0v) is 11.8. The Morgan fingerprint density at radius 2 is 1.74 bits per heavy atom. The molecule has 2 aliphatic rings. The van der Waals surface area contributed by atoms with Gasteiger partial charge in [-0.25, -0.2) is 4.79 Å². The second-order valence-corrected chi connectivity index (χ2v) is 5.77. The van der Waals surface area contributed by atoms with Gasteiger partial charge in [-0.1, -0.05) is 0 Å². The average Bonchev–Trinajstić information content (AvgIpc) is 3.24. The number of hydrogen-bond donors (Lipinski definition) is 2. The summed E-state index contributed by atoms with van der Waals surface area (Å²) in [6.07, 6.45) is 5.42. The quantitative estimate of drug-likeness (QED) is 0.636. The molecule has 0 aromatic heterocycles. The largest absolute Gasteiger partial charge is 0.467 e. The van der Waals surface area contributed by atoms with Gasteiger partial charge in [0, 0.05) is 13.5 Å². The number of carbonyl (C=O) groups is 2. The van der Waals surface area contributed by atoms with E-state index in [-0.39, 0.29) is 5.91 Å². The summed E-state index contributed by atoms with van der Waals surface area (Å²) in [5.41, 5.74) is 0. The van der Waals surface area contributed by atoms with E-state index in [1.807, 2.05) is 0 Å². The van der Waals surface area contributed by atoms with Crippen LogP contribution in [0, 0.1) is 17.8 Å². The Hall–Kier alpha value is -1.10. The molecule has 2 aliphatic carbocycles. The Kier molecular flexibility index (Phi) is 4.80. The SMILES string of the molecule is COC(=O)C(CNCC(C1CC1)C1CC1)NC(C)=O. The second-order valence-electron chi connectivity index (χ2n) is 5.77. The lowest BCUT2D eigenvalue weighted by Crippen LogP contribution is -2.48. The Bertz CT molecular complexity index is 326. The summed E-state index contributed by atoms with van der Waals surface area (Å²) in [5.74, 6) is 1.93. The first-order chi connectivity index (χ1) is 9.11. The lowest BCUT2D eigenvalue weighted by molar-refractivity contribution is -0.144. The van der Waals surface area contributed by atoms with Crippen LogP contribution in [0.25, 0.3) is 0 Å².